The summed E-state index contributed by atoms with van der Waals surface area (Å²) in [5.74, 6) is -0.598. The first-order valence-electron chi connectivity index (χ1n) is 4.43. The molecule has 0 spiro atoms. The zero-order valence-corrected chi connectivity index (χ0v) is 8.90. The Balaban J connectivity index is 2.73. The molecule has 0 saturated heterocycles. The largest absolute Gasteiger partial charge is 0.423 e. The van der Waals surface area contributed by atoms with Crippen molar-refractivity contribution in [3.8, 4) is 0 Å². The number of rotatable bonds is 2. The first kappa shape index (κ1) is 10.8. The minimum atomic E-state index is -4.17. The van der Waals surface area contributed by atoms with Gasteiger partial charge in [-0.2, -0.15) is 8.42 Å². The maximum Gasteiger partial charge on any atom is 0.336 e. The Morgan fingerprint density at radius 1 is 1.25 bits per heavy atom. The van der Waals surface area contributed by atoms with Crippen molar-refractivity contribution in [3.05, 3.63) is 46.3 Å². The van der Waals surface area contributed by atoms with Crippen LogP contribution in [0, 0.1) is 0 Å². The number of benzene rings is 1. The zero-order valence-electron chi connectivity index (χ0n) is 8.08. The minimum Gasteiger partial charge on any atom is -0.423 e. The van der Waals surface area contributed by atoms with Crippen LogP contribution in [-0.4, -0.2) is 13.0 Å². The van der Waals surface area contributed by atoms with Gasteiger partial charge in [-0.05, 0) is 11.6 Å². The molecule has 0 aliphatic heterocycles. The van der Waals surface area contributed by atoms with Crippen molar-refractivity contribution in [2.75, 3.05) is 0 Å². The van der Waals surface area contributed by atoms with Crippen molar-refractivity contribution in [3.63, 3.8) is 0 Å². The molecular formula is C10H8O5S. The predicted molar refractivity (Wildman–Crippen MR) is 57.7 cm³/mol. The van der Waals surface area contributed by atoms with E-state index in [1.54, 1.807) is 24.3 Å². The summed E-state index contributed by atoms with van der Waals surface area (Å²) in [5.41, 5.74) is -0.111. The number of para-hydroxylation sites is 1. The van der Waals surface area contributed by atoms with Crippen LogP contribution in [0.2, 0.25) is 0 Å². The van der Waals surface area contributed by atoms with E-state index in [4.69, 9.17) is 8.97 Å². The van der Waals surface area contributed by atoms with Crippen LogP contribution in [0.3, 0.4) is 0 Å². The first-order chi connectivity index (χ1) is 7.46. The summed E-state index contributed by atoms with van der Waals surface area (Å²) in [7, 11) is -4.17. The fourth-order valence-electron chi connectivity index (χ4n) is 1.49. The standard InChI is InChI=1S/C10H8O5S/c11-10-5-7(6-16(12,13)14)8-3-1-2-4-9(8)15-10/h1-5H,6H2,(H,12,13,14). The maximum atomic E-state index is 11.1. The molecule has 0 aliphatic carbocycles. The highest BCUT2D eigenvalue weighted by atomic mass is 32.2. The number of fused-ring (bicyclic) bond motifs is 1. The molecule has 0 saturated carbocycles. The Labute approximate surface area is 91.1 Å². The molecule has 84 valence electrons. The lowest BCUT2D eigenvalue weighted by molar-refractivity contribution is 0.482. The van der Waals surface area contributed by atoms with Crippen LogP contribution in [0.5, 0.6) is 0 Å². The summed E-state index contributed by atoms with van der Waals surface area (Å²) in [6, 6.07) is 7.61. The topological polar surface area (TPSA) is 84.6 Å². The number of hydrogen-bond acceptors (Lipinski definition) is 4. The quantitative estimate of drug-likeness (QED) is 0.629. The third-order valence-electron chi connectivity index (χ3n) is 2.07. The van der Waals surface area contributed by atoms with Crippen LogP contribution in [0.25, 0.3) is 11.0 Å². The van der Waals surface area contributed by atoms with E-state index in [0.29, 0.717) is 11.0 Å². The van der Waals surface area contributed by atoms with Gasteiger partial charge in [0.15, 0.2) is 0 Å². The average Bonchev–Trinajstić information content (AvgIpc) is 2.14. The molecule has 0 bridgehead atoms. The van der Waals surface area contributed by atoms with Gasteiger partial charge in [0.1, 0.15) is 11.3 Å². The summed E-state index contributed by atoms with van der Waals surface area (Å²) in [5, 5.41) is 0.500. The first-order valence-corrected chi connectivity index (χ1v) is 6.03. The van der Waals surface area contributed by atoms with E-state index in [9.17, 15) is 13.2 Å². The summed E-state index contributed by atoms with van der Waals surface area (Å²) in [4.78, 5) is 11.1. The molecule has 0 atom stereocenters. The van der Waals surface area contributed by atoms with Crippen LogP contribution in [-0.2, 0) is 15.9 Å². The van der Waals surface area contributed by atoms with Gasteiger partial charge < -0.3 is 4.42 Å². The molecule has 16 heavy (non-hydrogen) atoms. The normalized spacial score (nSPS) is 11.8. The molecule has 5 nitrogen and oxygen atoms in total. The highest BCUT2D eigenvalue weighted by Gasteiger charge is 2.11. The Morgan fingerprint density at radius 2 is 1.94 bits per heavy atom. The van der Waals surface area contributed by atoms with Crippen LogP contribution >= 0.6 is 0 Å². The van der Waals surface area contributed by atoms with E-state index >= 15 is 0 Å². The molecule has 1 heterocycles. The summed E-state index contributed by atoms with van der Waals surface area (Å²) in [6.45, 7) is 0. The second-order valence-corrected chi connectivity index (χ2v) is 4.77. The van der Waals surface area contributed by atoms with Crippen molar-refractivity contribution < 1.29 is 17.4 Å². The molecule has 1 aromatic heterocycles. The third-order valence-corrected chi connectivity index (χ3v) is 2.75. The van der Waals surface area contributed by atoms with Crippen molar-refractivity contribution in [1.82, 2.24) is 0 Å². The van der Waals surface area contributed by atoms with Crippen LogP contribution < -0.4 is 5.63 Å². The maximum absolute atomic E-state index is 11.1. The van der Waals surface area contributed by atoms with E-state index < -0.39 is 21.5 Å². The molecule has 1 aromatic carbocycles. The molecule has 0 fully saturated rings. The van der Waals surface area contributed by atoms with Crippen LogP contribution in [0.15, 0.2) is 39.5 Å². The van der Waals surface area contributed by atoms with Crippen LogP contribution in [0.1, 0.15) is 5.56 Å². The molecule has 2 rings (SSSR count). The van der Waals surface area contributed by atoms with Crippen molar-refractivity contribution >= 4 is 21.1 Å². The van der Waals surface area contributed by atoms with E-state index in [-0.39, 0.29) is 5.56 Å². The molecular weight excluding hydrogens is 232 g/mol. The molecule has 2 aromatic rings. The van der Waals surface area contributed by atoms with Crippen molar-refractivity contribution in [2.24, 2.45) is 0 Å². The highest BCUT2D eigenvalue weighted by Crippen LogP contribution is 2.17. The molecule has 1 N–H and O–H groups in total. The highest BCUT2D eigenvalue weighted by molar-refractivity contribution is 7.85. The van der Waals surface area contributed by atoms with Gasteiger partial charge in [0.25, 0.3) is 10.1 Å². The lowest BCUT2D eigenvalue weighted by Crippen LogP contribution is -2.06. The van der Waals surface area contributed by atoms with E-state index in [1.807, 2.05) is 0 Å². The van der Waals surface area contributed by atoms with E-state index in [0.717, 1.165) is 6.07 Å². The minimum absolute atomic E-state index is 0.231. The molecule has 6 heteroatoms. The SMILES string of the molecule is O=c1cc(CS(=O)(=O)O)c2ccccc2o1. The Morgan fingerprint density at radius 3 is 2.62 bits per heavy atom. The van der Waals surface area contributed by atoms with Gasteiger partial charge in [0.05, 0.1) is 0 Å². The van der Waals surface area contributed by atoms with Gasteiger partial charge in [-0.1, -0.05) is 18.2 Å². The van der Waals surface area contributed by atoms with E-state index in [2.05, 4.69) is 0 Å². The van der Waals surface area contributed by atoms with E-state index in [1.165, 1.54) is 0 Å². The van der Waals surface area contributed by atoms with Gasteiger partial charge in [-0.15, -0.1) is 0 Å². The summed E-state index contributed by atoms with van der Waals surface area (Å²) < 4.78 is 35.2. The lowest BCUT2D eigenvalue weighted by Gasteiger charge is -2.02. The monoisotopic (exact) mass is 240 g/mol. The van der Waals surface area contributed by atoms with Crippen LogP contribution in [0.4, 0.5) is 0 Å². The molecule has 0 radical (unpaired) electrons. The fourth-order valence-corrected chi connectivity index (χ4v) is 2.13. The average molecular weight is 240 g/mol. The predicted octanol–water partition coefficient (Wildman–Crippen LogP) is 1.18. The summed E-state index contributed by atoms with van der Waals surface area (Å²) in [6.07, 6.45) is 0. The van der Waals surface area contributed by atoms with Gasteiger partial charge in [0, 0.05) is 11.5 Å². The van der Waals surface area contributed by atoms with Gasteiger partial charge in [0.2, 0.25) is 0 Å². The Kier molecular flexibility index (Phi) is 2.53. The smallest absolute Gasteiger partial charge is 0.336 e. The molecule has 0 aliphatic rings. The zero-order chi connectivity index (χ0) is 11.8. The molecule has 0 unspecified atom stereocenters. The number of hydrogen-bond donors (Lipinski definition) is 1. The van der Waals surface area contributed by atoms with Gasteiger partial charge >= 0.3 is 5.63 Å². The second kappa shape index (κ2) is 3.73. The Hall–Kier alpha value is -1.66. The fraction of sp³-hybridized carbons (Fsp3) is 0.100. The second-order valence-electron chi connectivity index (χ2n) is 3.31. The van der Waals surface area contributed by atoms with Crippen molar-refractivity contribution in [1.29, 1.82) is 0 Å². The van der Waals surface area contributed by atoms with Gasteiger partial charge in [-0.3, -0.25) is 4.55 Å². The lowest BCUT2D eigenvalue weighted by atomic mass is 10.1. The van der Waals surface area contributed by atoms with Crippen molar-refractivity contribution in [2.45, 2.75) is 5.75 Å². The summed E-state index contributed by atoms with van der Waals surface area (Å²) >= 11 is 0. The Bertz CT molecular complexity index is 684. The molecule has 0 amide bonds. The van der Waals surface area contributed by atoms with Gasteiger partial charge in [-0.25, -0.2) is 4.79 Å². The third kappa shape index (κ3) is 2.29.